The third kappa shape index (κ3) is 8.60. The quantitative estimate of drug-likeness (QED) is 0.241. The summed E-state index contributed by atoms with van der Waals surface area (Å²) in [5.74, 6) is -6.79. The second-order valence-corrected chi connectivity index (χ2v) is 16.0. The van der Waals surface area contributed by atoms with Gasteiger partial charge in [-0.1, -0.05) is 57.7 Å². The van der Waals surface area contributed by atoms with Crippen LogP contribution in [0.1, 0.15) is 73.3 Å². The summed E-state index contributed by atoms with van der Waals surface area (Å²) < 4.78 is 62.1. The minimum Gasteiger partial charge on any atom is -0.453 e. The van der Waals surface area contributed by atoms with Crippen molar-refractivity contribution >= 4 is 34.5 Å². The number of alkyl carbamates (subject to hydrolysis) is 1. The summed E-state index contributed by atoms with van der Waals surface area (Å²) in [6.45, 7) is 10.3. The van der Waals surface area contributed by atoms with Crippen LogP contribution in [0.4, 0.5) is 13.6 Å². The smallest absolute Gasteiger partial charge is 0.408 e. The molecule has 2 aromatic rings. The Labute approximate surface area is 326 Å². The predicted octanol–water partition coefficient (Wildman–Crippen LogP) is 4.45. The highest BCUT2D eigenvalue weighted by molar-refractivity contribution is 6.06. The number of hydrogen-bond acceptors (Lipinski definition) is 12. The van der Waals surface area contributed by atoms with Crippen LogP contribution in [-0.4, -0.2) is 119 Å². The molecule has 1 aromatic carbocycles. The summed E-state index contributed by atoms with van der Waals surface area (Å²) in [6, 6.07) is 7.79. The molecule has 13 nitrogen and oxygen atoms in total. The van der Waals surface area contributed by atoms with Crippen molar-refractivity contribution < 1.29 is 56.7 Å². The lowest BCUT2D eigenvalue weighted by molar-refractivity contribution is -0.297. The van der Waals surface area contributed by atoms with E-state index in [2.05, 4.69) is 22.1 Å². The number of hydrogen-bond donors (Lipinski definition) is 2. The molecule has 3 aliphatic rings. The molecule has 0 radical (unpaired) electrons. The second-order valence-electron chi connectivity index (χ2n) is 16.0. The van der Waals surface area contributed by atoms with Crippen molar-refractivity contribution in [3.63, 3.8) is 0 Å². The highest BCUT2D eigenvalue weighted by Crippen LogP contribution is 2.41. The molecule has 1 aromatic heterocycles. The Morgan fingerprint density at radius 1 is 1.07 bits per heavy atom. The van der Waals surface area contributed by atoms with Crippen LogP contribution in [0.5, 0.6) is 0 Å². The number of aliphatic hydroxyl groups is 1. The number of ether oxygens (including phenoxy) is 5. The number of cyclic esters (lactones) is 1. The van der Waals surface area contributed by atoms with Crippen molar-refractivity contribution in [2.24, 2.45) is 17.8 Å². The van der Waals surface area contributed by atoms with Crippen LogP contribution in [0.3, 0.4) is 0 Å². The maximum atomic E-state index is 16.2. The van der Waals surface area contributed by atoms with E-state index in [1.165, 1.54) is 27.7 Å². The minimum absolute atomic E-state index is 0.0833. The van der Waals surface area contributed by atoms with Gasteiger partial charge < -0.3 is 39.0 Å². The summed E-state index contributed by atoms with van der Waals surface area (Å²) in [6.07, 6.45) is -5.43. The van der Waals surface area contributed by atoms with E-state index < -0.39 is 95.5 Å². The zero-order chi connectivity index (χ0) is 41.3. The largest absolute Gasteiger partial charge is 0.453 e. The van der Waals surface area contributed by atoms with Gasteiger partial charge in [0.05, 0.1) is 35.3 Å². The number of amides is 1. The SMILES string of the molecule is CC[C@@H]1OC(=O)C(F)(F)C(=O)[C@H](C)[C@@H](O[C@@H]2O[C@H](C)C[C@H](N(C)C)[C@H]2O)[C@@](C)(OCC#Cc2cnc3ccccc3c2)C[C@@H](C)C(=O)[C@@H](C)[C@H]2NC(=O)O[C@]12C. The molecule has 3 saturated heterocycles. The number of aliphatic hydroxyl groups excluding tert-OH is 1. The average molecular weight is 786 g/mol. The van der Waals surface area contributed by atoms with Crippen LogP contribution in [0.2, 0.25) is 0 Å². The maximum Gasteiger partial charge on any atom is 0.408 e. The number of rotatable bonds is 6. The molecule has 0 spiro atoms. The van der Waals surface area contributed by atoms with E-state index in [4.69, 9.17) is 23.7 Å². The van der Waals surface area contributed by atoms with E-state index >= 15 is 8.78 Å². The van der Waals surface area contributed by atoms with Crippen LogP contribution >= 0.6 is 0 Å². The van der Waals surface area contributed by atoms with Gasteiger partial charge in [-0.2, -0.15) is 8.78 Å². The molecular formula is C41H53F2N3O10. The standard InChI is InChI=1S/C41H53F2N3O10/c1-10-30-40(7)33(45-38(51)56-40)24(4)31(47)22(2)20-39(6,52-17-13-14-26-19-27-15-11-12-16-28(27)44-21-26)35(25(5)34(49)41(42,43)37(50)54-30)55-36-32(48)29(46(8)9)18-23(3)53-36/h11-12,15-16,19,21-25,29-30,32-33,35-36,48H,10,17-18,20H2,1-9H3,(H,45,51)/t22-,23-,24-,25+,29+,30+,32-,33-,35-,36+,39+,40-/m1/s1. The third-order valence-electron chi connectivity index (χ3n) is 11.5. The first-order valence-electron chi connectivity index (χ1n) is 19.0. The van der Waals surface area contributed by atoms with Crippen molar-refractivity contribution in [3.8, 4) is 11.8 Å². The molecule has 4 heterocycles. The van der Waals surface area contributed by atoms with E-state index in [1.54, 1.807) is 46.0 Å². The van der Waals surface area contributed by atoms with E-state index in [-0.39, 0.29) is 25.2 Å². The number of alkyl halides is 2. The zero-order valence-electron chi connectivity index (χ0n) is 33.3. The number of halogens is 2. The zero-order valence-corrected chi connectivity index (χ0v) is 33.3. The molecule has 15 heteroatoms. The van der Waals surface area contributed by atoms with Crippen LogP contribution in [-0.2, 0) is 38.1 Å². The van der Waals surface area contributed by atoms with Crippen LogP contribution < -0.4 is 5.32 Å². The number of pyridine rings is 1. The molecule has 3 aliphatic heterocycles. The van der Waals surface area contributed by atoms with Gasteiger partial charge in [-0.25, -0.2) is 9.59 Å². The summed E-state index contributed by atoms with van der Waals surface area (Å²) in [5.41, 5.74) is -2.14. The number of esters is 1. The summed E-state index contributed by atoms with van der Waals surface area (Å²) in [7, 11) is 3.53. The fourth-order valence-corrected chi connectivity index (χ4v) is 8.43. The first-order chi connectivity index (χ1) is 26.2. The van der Waals surface area contributed by atoms with Gasteiger partial charge in [0, 0.05) is 35.0 Å². The Kier molecular flexibility index (Phi) is 12.9. The Hall–Kier alpha value is -4.07. The van der Waals surface area contributed by atoms with Crippen molar-refractivity contribution in [2.75, 3.05) is 20.7 Å². The summed E-state index contributed by atoms with van der Waals surface area (Å²) in [4.78, 5) is 60.5. The molecule has 1 amide bonds. The van der Waals surface area contributed by atoms with Gasteiger partial charge >= 0.3 is 18.0 Å². The van der Waals surface area contributed by atoms with Gasteiger partial charge in [-0.3, -0.25) is 14.6 Å². The first-order valence-corrected chi connectivity index (χ1v) is 19.0. The van der Waals surface area contributed by atoms with Gasteiger partial charge in [0.15, 0.2) is 11.9 Å². The Balaban J connectivity index is 1.59. The van der Waals surface area contributed by atoms with E-state index in [0.717, 1.165) is 10.9 Å². The fraction of sp³-hybridized carbons (Fsp3) is 0.634. The monoisotopic (exact) mass is 785 g/mol. The number of ketones is 2. The van der Waals surface area contributed by atoms with Crippen LogP contribution in [0.15, 0.2) is 36.5 Å². The third-order valence-corrected chi connectivity index (χ3v) is 11.5. The van der Waals surface area contributed by atoms with Crippen molar-refractivity contribution in [2.45, 2.75) is 128 Å². The molecule has 0 unspecified atom stereocenters. The number of likely N-dealkylation sites (N-methyl/N-ethyl adjacent to an activating group) is 1. The van der Waals surface area contributed by atoms with E-state index in [9.17, 15) is 24.3 Å². The number of nitrogens with one attached hydrogen (secondary N) is 1. The first kappa shape index (κ1) is 43.1. The maximum absolute atomic E-state index is 16.2. The van der Waals surface area contributed by atoms with Crippen LogP contribution in [0.25, 0.3) is 10.9 Å². The lowest BCUT2D eigenvalue weighted by Crippen LogP contribution is -2.61. The Morgan fingerprint density at radius 2 is 1.77 bits per heavy atom. The topological polar surface area (TPSA) is 163 Å². The molecule has 5 rings (SSSR count). The molecule has 306 valence electrons. The predicted molar refractivity (Wildman–Crippen MR) is 199 cm³/mol. The molecule has 0 saturated carbocycles. The number of carbonyl (C=O) groups is 4. The number of benzene rings is 1. The average Bonchev–Trinajstić information content (AvgIpc) is 3.47. The normalized spacial score (nSPS) is 36.8. The molecule has 2 N–H and O–H groups in total. The highest BCUT2D eigenvalue weighted by atomic mass is 19.3. The summed E-state index contributed by atoms with van der Waals surface area (Å²) >= 11 is 0. The number of nitrogens with zero attached hydrogens (tertiary/aromatic N) is 2. The Bertz CT molecular complexity index is 1870. The van der Waals surface area contributed by atoms with Gasteiger partial charge in [0.1, 0.15) is 24.6 Å². The van der Waals surface area contributed by atoms with Gasteiger partial charge in [0.25, 0.3) is 0 Å². The van der Waals surface area contributed by atoms with Gasteiger partial charge in [-0.15, -0.1) is 0 Å². The number of carbonyl (C=O) groups excluding carboxylic acids is 4. The molecule has 56 heavy (non-hydrogen) atoms. The lowest BCUT2D eigenvalue weighted by atomic mass is 9.74. The Morgan fingerprint density at radius 3 is 2.45 bits per heavy atom. The molecule has 0 bridgehead atoms. The number of Topliss-reactive ketones (excluding diaryl/α,β-unsaturated/α-hetero) is 2. The van der Waals surface area contributed by atoms with Crippen molar-refractivity contribution in [3.05, 3.63) is 42.1 Å². The number of fused-ring (bicyclic) bond motifs is 2. The van der Waals surface area contributed by atoms with Crippen LogP contribution in [0, 0.1) is 29.6 Å². The van der Waals surface area contributed by atoms with E-state index in [1.807, 2.05) is 30.3 Å². The molecule has 0 aliphatic carbocycles. The molecular weight excluding hydrogens is 732 g/mol. The molecule has 12 atom stereocenters. The fourth-order valence-electron chi connectivity index (χ4n) is 8.43. The van der Waals surface area contributed by atoms with Crippen molar-refractivity contribution in [1.29, 1.82) is 0 Å². The van der Waals surface area contributed by atoms with Gasteiger partial charge in [-0.05, 0) is 66.3 Å². The minimum atomic E-state index is -4.71. The lowest BCUT2D eigenvalue weighted by Gasteiger charge is -2.47. The number of para-hydroxylation sites is 1. The summed E-state index contributed by atoms with van der Waals surface area (Å²) in [5, 5.41) is 14.9. The van der Waals surface area contributed by atoms with Gasteiger partial charge in [0.2, 0.25) is 5.78 Å². The second kappa shape index (κ2) is 16.8. The molecule has 3 fully saturated rings. The highest BCUT2D eigenvalue weighted by Gasteiger charge is 2.61. The van der Waals surface area contributed by atoms with E-state index in [0.29, 0.717) is 12.0 Å². The number of aromatic nitrogens is 1. The van der Waals surface area contributed by atoms with Crippen molar-refractivity contribution in [1.82, 2.24) is 15.2 Å².